The summed E-state index contributed by atoms with van der Waals surface area (Å²) in [5, 5.41) is 3.97. The lowest BCUT2D eigenvalue weighted by Crippen LogP contribution is -2.43. The van der Waals surface area contributed by atoms with E-state index in [4.69, 9.17) is 4.74 Å². The molecule has 1 aliphatic rings. The van der Waals surface area contributed by atoms with Gasteiger partial charge in [0.2, 0.25) is 5.88 Å². The van der Waals surface area contributed by atoms with Crippen LogP contribution in [0.2, 0.25) is 0 Å². The molecule has 2 aromatic heterocycles. The van der Waals surface area contributed by atoms with Crippen LogP contribution in [-0.2, 0) is 24.4 Å². The van der Waals surface area contributed by atoms with Crippen molar-refractivity contribution in [3.8, 4) is 5.88 Å². The van der Waals surface area contributed by atoms with E-state index in [1.54, 1.807) is 4.90 Å². The maximum atomic E-state index is 13.6. The van der Waals surface area contributed by atoms with Gasteiger partial charge in [0, 0.05) is 25.3 Å². The van der Waals surface area contributed by atoms with Crippen molar-refractivity contribution in [1.29, 1.82) is 0 Å². The van der Waals surface area contributed by atoms with Gasteiger partial charge in [0.1, 0.15) is 0 Å². The van der Waals surface area contributed by atoms with E-state index >= 15 is 0 Å². The Morgan fingerprint density at radius 2 is 2.00 bits per heavy atom. The summed E-state index contributed by atoms with van der Waals surface area (Å²) in [7, 11) is 1.52. The molecule has 0 fully saturated rings. The Hall–Kier alpha value is -3.10. The van der Waals surface area contributed by atoms with Crippen LogP contribution >= 0.6 is 0 Å². The Kier molecular flexibility index (Phi) is 4.91. The Morgan fingerprint density at radius 1 is 1.27 bits per heavy atom. The number of ether oxygens (including phenoxy) is 1. The number of amides is 1. The number of halogens is 3. The van der Waals surface area contributed by atoms with E-state index < -0.39 is 17.8 Å². The van der Waals surface area contributed by atoms with E-state index in [1.807, 2.05) is 24.3 Å². The van der Waals surface area contributed by atoms with Crippen LogP contribution in [0.15, 0.2) is 30.3 Å². The van der Waals surface area contributed by atoms with Crippen molar-refractivity contribution in [2.75, 3.05) is 11.4 Å². The molecule has 0 saturated carbocycles. The molecule has 6 nitrogen and oxygen atoms in total. The van der Waals surface area contributed by atoms with Crippen LogP contribution in [0.5, 0.6) is 5.88 Å². The lowest BCUT2D eigenvalue weighted by atomic mass is 10.0. The van der Waals surface area contributed by atoms with E-state index in [9.17, 15) is 18.0 Å². The number of aromatic nitrogens is 3. The minimum Gasteiger partial charge on any atom is -0.464 e. The maximum Gasteiger partial charge on any atom is 0.417 e. The molecule has 0 unspecified atom stereocenters. The number of carbonyl (C=O) groups is 1. The molecule has 158 valence electrons. The van der Waals surface area contributed by atoms with E-state index in [1.165, 1.54) is 25.6 Å². The quantitative estimate of drug-likeness (QED) is 0.644. The van der Waals surface area contributed by atoms with Gasteiger partial charge in [-0.1, -0.05) is 18.2 Å². The fourth-order valence-electron chi connectivity index (χ4n) is 3.92. The summed E-state index contributed by atoms with van der Waals surface area (Å²) in [4.78, 5) is 18.8. The smallest absolute Gasteiger partial charge is 0.417 e. The topological polar surface area (TPSA) is 60.2 Å². The largest absolute Gasteiger partial charge is 0.464 e. The summed E-state index contributed by atoms with van der Waals surface area (Å²) >= 11 is 0. The van der Waals surface area contributed by atoms with Crippen molar-refractivity contribution in [3.63, 3.8) is 0 Å². The third-order valence-corrected chi connectivity index (χ3v) is 5.27. The zero-order valence-corrected chi connectivity index (χ0v) is 16.8. The molecule has 1 amide bonds. The van der Waals surface area contributed by atoms with Crippen molar-refractivity contribution < 1.29 is 22.7 Å². The molecule has 1 atom stereocenters. The number of benzene rings is 1. The summed E-state index contributed by atoms with van der Waals surface area (Å²) in [6.45, 7) is 3.55. The highest BCUT2D eigenvalue weighted by atomic mass is 19.4. The molecule has 3 heterocycles. The highest BCUT2D eigenvalue weighted by Gasteiger charge is 2.36. The summed E-state index contributed by atoms with van der Waals surface area (Å²) in [6.07, 6.45) is -3.92. The van der Waals surface area contributed by atoms with E-state index in [-0.39, 0.29) is 28.5 Å². The van der Waals surface area contributed by atoms with Gasteiger partial charge in [-0.05, 0) is 38.3 Å². The van der Waals surface area contributed by atoms with Gasteiger partial charge in [0.25, 0.3) is 5.91 Å². The number of nitrogens with zero attached hydrogens (tertiary/aromatic N) is 4. The minimum absolute atomic E-state index is 0.0558. The van der Waals surface area contributed by atoms with Crippen LogP contribution in [0.4, 0.5) is 18.9 Å². The average Bonchev–Trinajstić information content (AvgIpc) is 2.99. The van der Waals surface area contributed by atoms with Gasteiger partial charge in [-0.15, -0.1) is 0 Å². The normalized spacial score (nSPS) is 15.2. The molecule has 0 saturated heterocycles. The average molecular weight is 418 g/mol. The van der Waals surface area contributed by atoms with Gasteiger partial charge in [0.05, 0.1) is 16.6 Å². The first kappa shape index (κ1) is 20.2. The Morgan fingerprint density at radius 3 is 2.73 bits per heavy atom. The summed E-state index contributed by atoms with van der Waals surface area (Å²) in [5.74, 6) is -0.581. The van der Waals surface area contributed by atoms with Gasteiger partial charge in [0.15, 0.2) is 11.8 Å². The number of para-hydroxylation sites is 1. The SMILES string of the molecule is Cc1nn(C)c2nc(O[C@@H](C)C(=O)N3CCCc4ccccc43)cc(C(F)(F)F)c12. The molecular formula is C21H21F3N4O2. The predicted octanol–water partition coefficient (Wildman–Crippen LogP) is 4.04. The number of hydrogen-bond acceptors (Lipinski definition) is 4. The molecule has 30 heavy (non-hydrogen) atoms. The molecule has 0 N–H and O–H groups in total. The maximum absolute atomic E-state index is 13.6. The predicted molar refractivity (Wildman–Crippen MR) is 105 cm³/mol. The number of anilines is 1. The molecule has 3 aromatic rings. The number of pyridine rings is 1. The number of rotatable bonds is 3. The molecule has 0 bridgehead atoms. The lowest BCUT2D eigenvalue weighted by molar-refractivity contribution is -0.136. The number of hydrogen-bond donors (Lipinski definition) is 0. The first-order chi connectivity index (χ1) is 14.2. The second kappa shape index (κ2) is 7.30. The fraction of sp³-hybridized carbons (Fsp3) is 0.381. The van der Waals surface area contributed by atoms with Gasteiger partial charge in [-0.2, -0.15) is 23.3 Å². The summed E-state index contributed by atoms with van der Waals surface area (Å²) < 4.78 is 47.8. The van der Waals surface area contributed by atoms with Crippen molar-refractivity contribution >= 4 is 22.6 Å². The van der Waals surface area contributed by atoms with Crippen LogP contribution in [-0.4, -0.2) is 33.3 Å². The number of fused-ring (bicyclic) bond motifs is 2. The monoisotopic (exact) mass is 418 g/mol. The highest BCUT2D eigenvalue weighted by molar-refractivity contribution is 5.97. The van der Waals surface area contributed by atoms with Crippen LogP contribution in [0, 0.1) is 6.92 Å². The molecule has 1 aliphatic heterocycles. The van der Waals surface area contributed by atoms with Crippen molar-refractivity contribution in [1.82, 2.24) is 14.8 Å². The minimum atomic E-state index is -4.61. The van der Waals surface area contributed by atoms with E-state index in [0.717, 1.165) is 30.2 Å². The Labute approximate surface area is 171 Å². The second-order valence-corrected chi connectivity index (χ2v) is 7.40. The summed E-state index contributed by atoms with van der Waals surface area (Å²) in [5.41, 5.74) is 1.28. The Bertz CT molecular complexity index is 1120. The number of carbonyl (C=O) groups excluding carboxylic acids is 1. The van der Waals surface area contributed by atoms with Gasteiger partial charge >= 0.3 is 6.18 Å². The molecule has 4 rings (SSSR count). The first-order valence-electron chi connectivity index (χ1n) is 9.64. The fourth-order valence-corrected chi connectivity index (χ4v) is 3.92. The van der Waals surface area contributed by atoms with Crippen molar-refractivity contribution in [2.45, 2.75) is 39.0 Å². The molecular weight excluding hydrogens is 397 g/mol. The lowest BCUT2D eigenvalue weighted by Gasteiger charge is -2.31. The Balaban J connectivity index is 1.66. The molecule has 9 heteroatoms. The van der Waals surface area contributed by atoms with Crippen molar-refractivity contribution in [3.05, 3.63) is 47.2 Å². The van der Waals surface area contributed by atoms with Crippen LogP contribution < -0.4 is 9.64 Å². The molecule has 1 aromatic carbocycles. The molecule has 0 spiro atoms. The van der Waals surface area contributed by atoms with Crippen LogP contribution in [0.25, 0.3) is 11.0 Å². The summed E-state index contributed by atoms with van der Waals surface area (Å²) in [6, 6.07) is 8.44. The highest BCUT2D eigenvalue weighted by Crippen LogP contribution is 2.37. The van der Waals surface area contributed by atoms with E-state index in [0.29, 0.717) is 6.54 Å². The van der Waals surface area contributed by atoms with E-state index in [2.05, 4.69) is 10.1 Å². The molecule has 0 aliphatic carbocycles. The molecule has 0 radical (unpaired) electrons. The zero-order valence-electron chi connectivity index (χ0n) is 16.8. The second-order valence-electron chi connectivity index (χ2n) is 7.40. The number of aryl methyl sites for hydroxylation is 3. The standard InChI is InChI=1S/C21H21F3N4O2/c1-12-18-15(21(22,23)24)11-17(25-19(18)27(3)26-12)30-13(2)20(29)28-10-6-8-14-7-4-5-9-16(14)28/h4-5,7,9,11,13H,6,8,10H2,1-3H3/t13-/m0/s1. The third kappa shape index (κ3) is 3.48. The van der Waals surface area contributed by atoms with Crippen LogP contribution in [0.1, 0.15) is 30.2 Å². The van der Waals surface area contributed by atoms with Crippen molar-refractivity contribution in [2.24, 2.45) is 7.05 Å². The zero-order chi connectivity index (χ0) is 21.6. The van der Waals surface area contributed by atoms with Crippen LogP contribution in [0.3, 0.4) is 0 Å². The van der Waals surface area contributed by atoms with Gasteiger partial charge in [-0.25, -0.2) is 0 Å². The number of alkyl halides is 3. The van der Waals surface area contributed by atoms with Gasteiger partial charge < -0.3 is 9.64 Å². The first-order valence-corrected chi connectivity index (χ1v) is 9.64. The third-order valence-electron chi connectivity index (χ3n) is 5.27. The van der Waals surface area contributed by atoms with Gasteiger partial charge in [-0.3, -0.25) is 9.48 Å².